The van der Waals surface area contributed by atoms with Gasteiger partial charge in [0.2, 0.25) is 0 Å². The fourth-order valence-electron chi connectivity index (χ4n) is 0.731. The molecule has 0 unspecified atom stereocenters. The van der Waals surface area contributed by atoms with Crippen LogP contribution in [-0.2, 0) is 0 Å². The second-order valence-corrected chi connectivity index (χ2v) is 5.76. The Balaban J connectivity index is 3.09. The van der Waals surface area contributed by atoms with Gasteiger partial charge in [-0.1, -0.05) is 0 Å². The average Bonchev–Trinajstić information content (AvgIpc) is 1.96. The smallest absolute Gasteiger partial charge is 0.205 e. The van der Waals surface area contributed by atoms with Crippen LogP contribution in [0.2, 0.25) is 0 Å². The third-order valence-corrected chi connectivity index (χ3v) is 3.34. The van der Waals surface area contributed by atoms with Crippen molar-refractivity contribution in [3.8, 4) is 0 Å². The molecule has 0 heterocycles. The van der Waals surface area contributed by atoms with Crippen molar-refractivity contribution in [3.05, 3.63) is 25.1 Å². The Bertz CT molecular complexity index is 350. The summed E-state index contributed by atoms with van der Waals surface area (Å²) in [5.74, 6) is -0.812. The van der Waals surface area contributed by atoms with E-state index in [4.69, 9.17) is 0 Å². The Kier molecular flexibility index (Phi) is 4.33. The highest BCUT2D eigenvalue weighted by atomic mass is 127. The number of halogens is 6. The minimum atomic E-state index is -4.45. The predicted octanol–water partition coefficient (Wildman–Crippen LogP) is 4.65. The molecule has 0 amide bonds. The topological polar surface area (TPSA) is 0 Å². The van der Waals surface area contributed by atoms with Gasteiger partial charge in [0.05, 0.1) is 8.47 Å². The molecule has 1 aromatic rings. The van der Waals surface area contributed by atoms with E-state index in [2.05, 4.69) is 0 Å². The van der Waals surface area contributed by atoms with Crippen LogP contribution in [0.4, 0.5) is 17.6 Å². The van der Waals surface area contributed by atoms with Crippen molar-refractivity contribution in [1.82, 2.24) is 0 Å². The van der Waals surface area contributed by atoms with Crippen LogP contribution in [0.5, 0.6) is 0 Å². The van der Waals surface area contributed by atoms with Crippen LogP contribution in [0.3, 0.4) is 0 Å². The minimum Gasteiger partial charge on any atom is -0.205 e. The lowest BCUT2D eigenvalue weighted by atomic mass is 10.3. The van der Waals surface area contributed by atoms with Crippen molar-refractivity contribution in [2.24, 2.45) is 0 Å². The van der Waals surface area contributed by atoms with Crippen molar-refractivity contribution in [2.45, 2.75) is 10.4 Å². The third-order valence-electron chi connectivity index (χ3n) is 1.19. The summed E-state index contributed by atoms with van der Waals surface area (Å²) in [4.78, 5) is -0.381. The maximum absolute atomic E-state index is 13.2. The van der Waals surface area contributed by atoms with Gasteiger partial charge in [-0.3, -0.25) is 0 Å². The number of alkyl halides is 3. The molecule has 0 nitrogen and oxygen atoms in total. The summed E-state index contributed by atoms with van der Waals surface area (Å²) >= 11 is 3.08. The maximum Gasteiger partial charge on any atom is 0.446 e. The first-order chi connectivity index (χ1) is 6.29. The van der Waals surface area contributed by atoms with Crippen molar-refractivity contribution >= 4 is 56.9 Å². The van der Waals surface area contributed by atoms with E-state index in [1.165, 1.54) is 12.1 Å². The van der Waals surface area contributed by atoms with Gasteiger partial charge in [0.25, 0.3) is 0 Å². The fraction of sp³-hybridized carbons (Fsp3) is 0.143. The van der Waals surface area contributed by atoms with Crippen molar-refractivity contribution < 1.29 is 17.6 Å². The van der Waals surface area contributed by atoms with E-state index >= 15 is 0 Å². The molecule has 0 radical (unpaired) electrons. The van der Waals surface area contributed by atoms with Crippen LogP contribution in [0.25, 0.3) is 0 Å². The van der Waals surface area contributed by atoms with Gasteiger partial charge < -0.3 is 0 Å². The molecule has 0 aromatic heterocycles. The minimum absolute atomic E-state index is 0.196. The van der Waals surface area contributed by atoms with Gasteiger partial charge in [-0.2, -0.15) is 13.2 Å². The highest BCUT2D eigenvalue weighted by molar-refractivity contribution is 14.1. The quantitative estimate of drug-likeness (QED) is 0.261. The number of rotatable bonds is 1. The Hall–Kier alpha value is 0.750. The standard InChI is InChI=1S/C7H2F4I2S/c8-6-4(13)1-3(12)2-5(6)14-7(9,10)11/h1-2H. The number of thioether (sulfide) groups is 1. The lowest BCUT2D eigenvalue weighted by Crippen LogP contribution is -2.01. The summed E-state index contributed by atoms with van der Waals surface area (Å²) in [6.45, 7) is 0. The first-order valence-electron chi connectivity index (χ1n) is 3.20. The molecule has 78 valence electrons. The molecule has 7 heteroatoms. The molecule has 0 saturated heterocycles. The van der Waals surface area contributed by atoms with Crippen LogP contribution in [0.1, 0.15) is 0 Å². The zero-order valence-corrected chi connectivity index (χ0v) is 11.5. The molecule has 0 N–H and O–H groups in total. The summed E-state index contributed by atoms with van der Waals surface area (Å²) in [5.41, 5.74) is -4.45. The molecule has 1 rings (SSSR count). The zero-order chi connectivity index (χ0) is 10.9. The van der Waals surface area contributed by atoms with Gasteiger partial charge >= 0.3 is 5.51 Å². The van der Waals surface area contributed by atoms with Crippen molar-refractivity contribution in [2.75, 3.05) is 0 Å². The van der Waals surface area contributed by atoms with Gasteiger partial charge in [0.15, 0.2) is 0 Å². The molecule has 0 bridgehead atoms. The zero-order valence-electron chi connectivity index (χ0n) is 6.33. The Morgan fingerprint density at radius 3 is 2.21 bits per heavy atom. The molecule has 0 aliphatic carbocycles. The van der Waals surface area contributed by atoms with Gasteiger partial charge in [0.1, 0.15) is 5.82 Å². The average molecular weight is 448 g/mol. The molecule has 0 fully saturated rings. The van der Waals surface area contributed by atoms with Crippen LogP contribution < -0.4 is 0 Å². The van der Waals surface area contributed by atoms with Crippen LogP contribution in [0, 0.1) is 13.0 Å². The van der Waals surface area contributed by atoms with E-state index in [1.54, 1.807) is 22.6 Å². The lowest BCUT2D eigenvalue weighted by Gasteiger charge is -2.07. The summed E-state index contributed by atoms with van der Waals surface area (Å²) in [6.07, 6.45) is 0. The van der Waals surface area contributed by atoms with Crippen molar-refractivity contribution in [1.29, 1.82) is 0 Å². The highest BCUT2D eigenvalue weighted by Gasteiger charge is 2.31. The van der Waals surface area contributed by atoms with E-state index in [-0.39, 0.29) is 8.47 Å². The van der Waals surface area contributed by atoms with Crippen LogP contribution in [-0.4, -0.2) is 5.51 Å². The lowest BCUT2D eigenvalue weighted by molar-refractivity contribution is -0.0329. The Labute approximate surface area is 109 Å². The number of hydrogen-bond acceptors (Lipinski definition) is 1. The van der Waals surface area contributed by atoms with Gasteiger partial charge in [0, 0.05) is 3.57 Å². The van der Waals surface area contributed by atoms with E-state index in [0.717, 1.165) is 0 Å². The van der Waals surface area contributed by atoms with Gasteiger partial charge in [-0.05, 0) is 69.1 Å². The molecule has 0 atom stereocenters. The fourth-order valence-corrected chi connectivity index (χ4v) is 3.61. The first-order valence-corrected chi connectivity index (χ1v) is 6.17. The van der Waals surface area contributed by atoms with Crippen LogP contribution >= 0.6 is 56.9 Å². The summed E-state index contributed by atoms with van der Waals surface area (Å²) < 4.78 is 49.9. The SMILES string of the molecule is Fc1c(I)cc(I)cc1SC(F)(F)F. The number of hydrogen-bond donors (Lipinski definition) is 0. The van der Waals surface area contributed by atoms with Gasteiger partial charge in [-0.15, -0.1) is 0 Å². The van der Waals surface area contributed by atoms with E-state index in [0.29, 0.717) is 3.57 Å². The second-order valence-electron chi connectivity index (χ2n) is 2.25. The molecule has 0 spiro atoms. The van der Waals surface area contributed by atoms with Gasteiger partial charge in [-0.25, -0.2) is 4.39 Å². The van der Waals surface area contributed by atoms with E-state index in [1.807, 2.05) is 22.6 Å². The molecule has 0 saturated carbocycles. The van der Waals surface area contributed by atoms with Crippen molar-refractivity contribution in [3.63, 3.8) is 0 Å². The monoisotopic (exact) mass is 448 g/mol. The molecule has 1 aromatic carbocycles. The predicted molar refractivity (Wildman–Crippen MR) is 63.7 cm³/mol. The Morgan fingerprint density at radius 1 is 1.14 bits per heavy atom. The third kappa shape index (κ3) is 3.72. The normalized spacial score (nSPS) is 11.9. The van der Waals surface area contributed by atoms with Crippen LogP contribution in [0.15, 0.2) is 17.0 Å². The summed E-state index contributed by atoms with van der Waals surface area (Å²) in [5, 5.41) is 0. The van der Waals surface area contributed by atoms with E-state index < -0.39 is 23.1 Å². The van der Waals surface area contributed by atoms with E-state index in [9.17, 15) is 17.6 Å². The maximum atomic E-state index is 13.2. The molecule has 14 heavy (non-hydrogen) atoms. The molecular weight excluding hydrogens is 446 g/mol. The molecule has 0 aliphatic rings. The summed E-state index contributed by atoms with van der Waals surface area (Å²) in [7, 11) is 0. The molecule has 0 aliphatic heterocycles. The second kappa shape index (κ2) is 4.73. The highest BCUT2D eigenvalue weighted by Crippen LogP contribution is 2.39. The first kappa shape index (κ1) is 12.8. The molecular formula is C7H2F4I2S. The number of benzene rings is 1. The largest absolute Gasteiger partial charge is 0.446 e. The summed E-state index contributed by atoms with van der Waals surface area (Å²) in [6, 6.07) is 2.66. The Morgan fingerprint density at radius 2 is 1.71 bits per heavy atom.